The average Bonchev–Trinajstić information content (AvgIpc) is 2.45. The zero-order valence-electron chi connectivity index (χ0n) is 12.5. The first kappa shape index (κ1) is 17.0. The van der Waals surface area contributed by atoms with Gasteiger partial charge in [-0.15, -0.1) is 0 Å². The fourth-order valence-electron chi connectivity index (χ4n) is 1.86. The summed E-state index contributed by atoms with van der Waals surface area (Å²) in [5.74, 6) is 0.664. The first-order chi connectivity index (χ1) is 9.71. The molecule has 0 bridgehead atoms. The molecule has 1 N–H and O–H groups in total. The molecule has 0 spiro atoms. The molecule has 1 aromatic carbocycles. The summed E-state index contributed by atoms with van der Waals surface area (Å²) >= 11 is 0. The van der Waals surface area contributed by atoms with Crippen molar-refractivity contribution >= 4 is 9.52 Å². The van der Waals surface area contributed by atoms with Crippen LogP contribution in [0.5, 0.6) is 11.5 Å². The summed E-state index contributed by atoms with van der Waals surface area (Å²) in [6.45, 7) is 5.35. The molecule has 0 heterocycles. The van der Waals surface area contributed by atoms with E-state index in [9.17, 15) is 5.11 Å². The van der Waals surface area contributed by atoms with Crippen molar-refractivity contribution in [1.29, 1.82) is 0 Å². The van der Waals surface area contributed by atoms with Gasteiger partial charge in [0.2, 0.25) is 0 Å². The Morgan fingerprint density at radius 3 is 2.50 bits per heavy atom. The Morgan fingerprint density at radius 2 is 1.90 bits per heavy atom. The Bertz CT molecular complexity index is 378. The summed E-state index contributed by atoms with van der Waals surface area (Å²) in [7, 11) is 2.22. The van der Waals surface area contributed by atoms with Crippen LogP contribution in [-0.2, 0) is 15.9 Å². The van der Waals surface area contributed by atoms with Gasteiger partial charge in [-0.2, -0.15) is 0 Å². The summed E-state index contributed by atoms with van der Waals surface area (Å²) in [4.78, 5) is 0. The fourth-order valence-corrected chi connectivity index (χ4v) is 3.04. The van der Waals surface area contributed by atoms with E-state index in [2.05, 4.69) is 0 Å². The largest absolute Gasteiger partial charge is 0.504 e. The van der Waals surface area contributed by atoms with Crippen LogP contribution in [-0.4, -0.2) is 40.9 Å². The third-order valence-electron chi connectivity index (χ3n) is 2.83. The maximum absolute atomic E-state index is 9.54. The van der Waals surface area contributed by atoms with Crippen molar-refractivity contribution < 1.29 is 19.3 Å². The van der Waals surface area contributed by atoms with Gasteiger partial charge in [0.25, 0.3) is 0 Å². The van der Waals surface area contributed by atoms with E-state index in [0.29, 0.717) is 28.5 Å². The number of phenolic OH excluding ortho intramolecular Hbond substituents is 1. The number of rotatable bonds is 10. The van der Waals surface area contributed by atoms with Gasteiger partial charge in [-0.25, -0.2) is 0 Å². The van der Waals surface area contributed by atoms with Gasteiger partial charge in [0.15, 0.2) is 11.5 Å². The average molecular weight is 296 g/mol. The highest BCUT2D eigenvalue weighted by molar-refractivity contribution is 6.36. The zero-order chi connectivity index (χ0) is 14.8. The molecule has 1 aromatic rings. The molecule has 0 fully saturated rings. The van der Waals surface area contributed by atoms with Crippen LogP contribution >= 0.6 is 0 Å². The third kappa shape index (κ3) is 5.94. The lowest BCUT2D eigenvalue weighted by Crippen LogP contribution is -2.24. The second kappa shape index (κ2) is 9.80. The topological polar surface area (TPSA) is 47.9 Å². The lowest BCUT2D eigenvalue weighted by molar-refractivity contribution is -0.0827. The van der Waals surface area contributed by atoms with Crippen molar-refractivity contribution in [2.75, 3.05) is 20.3 Å². The predicted molar refractivity (Wildman–Crippen MR) is 80.6 cm³/mol. The van der Waals surface area contributed by atoms with Crippen molar-refractivity contribution in [3.63, 3.8) is 0 Å². The minimum absolute atomic E-state index is 0.0562. The quantitative estimate of drug-likeness (QED) is 0.410. The first-order valence-electron chi connectivity index (χ1n) is 7.03. The van der Waals surface area contributed by atoms with Crippen molar-refractivity contribution in [2.24, 2.45) is 0 Å². The molecular formula is C15H24O4Si. The Morgan fingerprint density at radius 1 is 1.20 bits per heavy atom. The molecule has 20 heavy (non-hydrogen) atoms. The number of phenols is 1. The lowest BCUT2D eigenvalue weighted by Gasteiger charge is -2.15. The Hall–Kier alpha value is -1.04. The number of methoxy groups -OCH3 is 1. The van der Waals surface area contributed by atoms with Gasteiger partial charge >= 0.3 is 0 Å². The van der Waals surface area contributed by atoms with E-state index in [-0.39, 0.29) is 11.7 Å². The number of hydrogen-bond donors (Lipinski definition) is 1. The first-order valence-corrected chi connectivity index (χ1v) is 8.32. The van der Waals surface area contributed by atoms with E-state index in [4.69, 9.17) is 14.2 Å². The monoisotopic (exact) mass is 296 g/mol. The van der Waals surface area contributed by atoms with Gasteiger partial charge < -0.3 is 19.3 Å². The molecule has 1 rings (SSSR count). The highest BCUT2D eigenvalue weighted by Crippen LogP contribution is 2.26. The van der Waals surface area contributed by atoms with E-state index in [1.165, 1.54) is 5.56 Å². The number of hydrogen-bond acceptors (Lipinski definition) is 4. The van der Waals surface area contributed by atoms with Crippen molar-refractivity contribution in [3.8, 4) is 11.5 Å². The zero-order valence-corrected chi connectivity index (χ0v) is 13.5. The molecule has 0 saturated carbocycles. The van der Waals surface area contributed by atoms with E-state index < -0.39 is 0 Å². The number of aryl methyl sites for hydroxylation is 1. The summed E-state index contributed by atoms with van der Waals surface area (Å²) in [6, 6.07) is 6.58. The van der Waals surface area contributed by atoms with Crippen molar-refractivity contribution in [3.05, 3.63) is 23.8 Å². The van der Waals surface area contributed by atoms with E-state index >= 15 is 0 Å². The molecule has 0 amide bonds. The normalized spacial score (nSPS) is 11.0. The maximum atomic E-state index is 9.54. The van der Waals surface area contributed by atoms with Gasteiger partial charge in [0.1, 0.15) is 15.4 Å². The van der Waals surface area contributed by atoms with Gasteiger partial charge in [0, 0.05) is 13.2 Å². The van der Waals surface area contributed by atoms with E-state index in [0.717, 1.165) is 18.9 Å². The second-order valence-corrected chi connectivity index (χ2v) is 5.69. The van der Waals surface area contributed by atoms with Crippen molar-refractivity contribution in [1.82, 2.24) is 0 Å². The number of benzene rings is 1. The van der Waals surface area contributed by atoms with Gasteiger partial charge in [-0.05, 0) is 38.0 Å². The Kier molecular flexibility index (Phi) is 8.33. The molecule has 112 valence electrons. The molecule has 5 heteroatoms. The second-order valence-electron chi connectivity index (χ2n) is 4.31. The van der Waals surface area contributed by atoms with E-state index in [1.807, 2.05) is 26.0 Å². The highest BCUT2D eigenvalue weighted by atomic mass is 28.2. The number of ether oxygens (including phenoxy) is 3. The summed E-state index contributed by atoms with van der Waals surface area (Å²) in [5, 5.41) is 9.54. The lowest BCUT2D eigenvalue weighted by atomic mass is 10.1. The van der Waals surface area contributed by atoms with Crippen molar-refractivity contribution in [2.45, 2.75) is 38.6 Å². The molecule has 0 aliphatic heterocycles. The molecule has 0 atom stereocenters. The fraction of sp³-hybridized carbons (Fsp3) is 0.600. The molecule has 0 aliphatic carbocycles. The summed E-state index contributed by atoms with van der Waals surface area (Å²) < 4.78 is 16.2. The number of aromatic hydroxyl groups is 1. The van der Waals surface area contributed by atoms with Crippen LogP contribution in [0, 0.1) is 0 Å². The van der Waals surface area contributed by atoms with Gasteiger partial charge in [0.05, 0.1) is 7.11 Å². The van der Waals surface area contributed by atoms with Crippen LogP contribution < -0.4 is 4.74 Å². The van der Waals surface area contributed by atoms with Gasteiger partial charge in [-0.1, -0.05) is 18.5 Å². The van der Waals surface area contributed by atoms with Crippen LogP contribution in [0.25, 0.3) is 0 Å². The standard InChI is InChI=1S/C15H24O4Si/c1-4-18-15(19-5-2)20-10-6-7-12-8-9-13(16)14(11-12)17-3/h8-9,11,15-16H,4-7,10H2,1-3H3. The molecule has 0 aromatic heterocycles. The molecule has 2 radical (unpaired) electrons. The van der Waals surface area contributed by atoms with Crippen LogP contribution in [0.1, 0.15) is 25.8 Å². The van der Waals surface area contributed by atoms with Crippen LogP contribution in [0.4, 0.5) is 0 Å². The third-order valence-corrected chi connectivity index (χ3v) is 4.14. The molecule has 0 saturated heterocycles. The summed E-state index contributed by atoms with van der Waals surface area (Å²) in [6.07, 6.45) is 2.04. The molecular weight excluding hydrogens is 272 g/mol. The Balaban J connectivity index is 2.33. The minimum atomic E-state index is -0.0562. The van der Waals surface area contributed by atoms with E-state index in [1.54, 1.807) is 13.2 Å². The van der Waals surface area contributed by atoms with Crippen LogP contribution in [0.15, 0.2) is 18.2 Å². The van der Waals surface area contributed by atoms with Crippen LogP contribution in [0.2, 0.25) is 6.04 Å². The van der Waals surface area contributed by atoms with Gasteiger partial charge in [-0.3, -0.25) is 0 Å². The Labute approximate surface area is 123 Å². The smallest absolute Gasteiger partial charge is 0.160 e. The maximum Gasteiger partial charge on any atom is 0.160 e. The highest BCUT2D eigenvalue weighted by Gasteiger charge is 2.09. The molecule has 4 nitrogen and oxygen atoms in total. The molecule has 0 unspecified atom stereocenters. The SMILES string of the molecule is CCOC(OCC)[Si]CCCc1ccc(O)c(OC)c1. The molecule has 0 aliphatic rings. The summed E-state index contributed by atoms with van der Waals surface area (Å²) in [5.41, 5.74) is 1.17. The van der Waals surface area contributed by atoms with Crippen LogP contribution in [0.3, 0.4) is 0 Å². The minimum Gasteiger partial charge on any atom is -0.504 e. The predicted octanol–water partition coefficient (Wildman–Crippen LogP) is 2.81.